The fourth-order valence-electron chi connectivity index (χ4n) is 1.28. The molecular formula is C12H16OS. The molecule has 1 aromatic carbocycles. The monoisotopic (exact) mass is 208 g/mol. The predicted molar refractivity (Wildman–Crippen MR) is 63.7 cm³/mol. The lowest BCUT2D eigenvalue weighted by molar-refractivity contribution is 0.307. The first-order valence-electron chi connectivity index (χ1n) is 4.81. The van der Waals surface area contributed by atoms with Crippen molar-refractivity contribution in [3.63, 3.8) is 0 Å². The van der Waals surface area contributed by atoms with E-state index in [4.69, 9.17) is 17.0 Å². The first-order valence-corrected chi connectivity index (χ1v) is 5.22. The van der Waals surface area contributed by atoms with Gasteiger partial charge in [0.1, 0.15) is 0 Å². The van der Waals surface area contributed by atoms with Crippen molar-refractivity contribution in [2.75, 3.05) is 6.61 Å². The fourth-order valence-corrected chi connectivity index (χ4v) is 1.52. The molecule has 0 N–H and O–H groups in total. The summed E-state index contributed by atoms with van der Waals surface area (Å²) in [6.45, 7) is 6.75. The summed E-state index contributed by atoms with van der Waals surface area (Å²) < 4.78 is 5.39. The highest BCUT2D eigenvalue weighted by Gasteiger charge is 2.26. The molecule has 0 amide bonds. The lowest BCUT2D eigenvalue weighted by Crippen LogP contribution is -2.29. The third-order valence-electron chi connectivity index (χ3n) is 2.28. The summed E-state index contributed by atoms with van der Waals surface area (Å²) in [4.78, 5) is 0. The first kappa shape index (κ1) is 11.2. The van der Waals surface area contributed by atoms with E-state index in [9.17, 15) is 0 Å². The van der Waals surface area contributed by atoms with Crippen LogP contribution in [0, 0.1) is 0 Å². The molecule has 0 saturated carbocycles. The van der Waals surface area contributed by atoms with Gasteiger partial charge < -0.3 is 4.74 Å². The van der Waals surface area contributed by atoms with E-state index in [1.54, 1.807) is 0 Å². The molecule has 1 rings (SSSR count). The number of hydrogen-bond donors (Lipinski definition) is 0. The molecule has 0 atom stereocenters. The van der Waals surface area contributed by atoms with Crippen molar-refractivity contribution >= 4 is 17.3 Å². The van der Waals surface area contributed by atoms with Crippen molar-refractivity contribution < 1.29 is 4.74 Å². The van der Waals surface area contributed by atoms with E-state index < -0.39 is 0 Å². The van der Waals surface area contributed by atoms with E-state index >= 15 is 0 Å². The molecule has 0 fully saturated rings. The highest BCUT2D eigenvalue weighted by atomic mass is 32.1. The molecule has 0 radical (unpaired) electrons. The minimum absolute atomic E-state index is 0.188. The van der Waals surface area contributed by atoms with Gasteiger partial charge in [-0.2, -0.15) is 0 Å². The van der Waals surface area contributed by atoms with Crippen LogP contribution in [0.3, 0.4) is 0 Å². The molecule has 0 aromatic heterocycles. The molecule has 2 heteroatoms. The largest absolute Gasteiger partial charge is 0.486 e. The summed E-state index contributed by atoms with van der Waals surface area (Å²) in [5.41, 5.74) is 1.01. The van der Waals surface area contributed by atoms with E-state index in [2.05, 4.69) is 26.0 Å². The van der Waals surface area contributed by atoms with Crippen molar-refractivity contribution in [2.24, 2.45) is 0 Å². The smallest absolute Gasteiger partial charge is 0.169 e. The molecule has 0 aliphatic rings. The van der Waals surface area contributed by atoms with Crippen LogP contribution < -0.4 is 0 Å². The Hall–Kier alpha value is -0.890. The molecule has 0 saturated heterocycles. The molecule has 0 aliphatic carbocycles. The number of benzene rings is 1. The zero-order valence-corrected chi connectivity index (χ0v) is 9.73. The third-order valence-corrected chi connectivity index (χ3v) is 2.91. The van der Waals surface area contributed by atoms with Gasteiger partial charge in [-0.25, -0.2) is 0 Å². The second-order valence-corrected chi connectivity index (χ2v) is 4.08. The number of ether oxygens (including phenoxy) is 1. The van der Waals surface area contributed by atoms with Crippen molar-refractivity contribution in [1.29, 1.82) is 0 Å². The zero-order chi connectivity index (χ0) is 10.6. The summed E-state index contributed by atoms with van der Waals surface area (Å²) in [6, 6.07) is 10.2. The SMILES string of the molecule is CCOC(=S)C(C)(C)c1ccccc1. The molecule has 0 bridgehead atoms. The Bertz CT molecular complexity index is 303. The highest BCUT2D eigenvalue weighted by molar-refractivity contribution is 7.80. The number of rotatable bonds is 3. The van der Waals surface area contributed by atoms with E-state index in [0.29, 0.717) is 11.7 Å². The van der Waals surface area contributed by atoms with Gasteiger partial charge in [0.2, 0.25) is 0 Å². The lowest BCUT2D eigenvalue weighted by Gasteiger charge is -2.25. The van der Waals surface area contributed by atoms with Crippen LogP contribution in [0.5, 0.6) is 0 Å². The van der Waals surface area contributed by atoms with Crippen molar-refractivity contribution in [3.8, 4) is 0 Å². The topological polar surface area (TPSA) is 9.23 Å². The second-order valence-electron chi connectivity index (χ2n) is 3.71. The van der Waals surface area contributed by atoms with Gasteiger partial charge >= 0.3 is 0 Å². The van der Waals surface area contributed by atoms with E-state index in [1.165, 1.54) is 5.56 Å². The van der Waals surface area contributed by atoms with Crippen LogP contribution in [-0.2, 0) is 10.2 Å². The third kappa shape index (κ3) is 2.32. The molecule has 0 aliphatic heterocycles. The molecular weight excluding hydrogens is 192 g/mol. The van der Waals surface area contributed by atoms with Crippen molar-refractivity contribution in [2.45, 2.75) is 26.2 Å². The molecule has 0 heterocycles. The van der Waals surface area contributed by atoms with Gasteiger partial charge in [-0.1, -0.05) is 30.3 Å². The summed E-state index contributed by atoms with van der Waals surface area (Å²) in [6.07, 6.45) is 0. The van der Waals surface area contributed by atoms with Gasteiger partial charge in [0, 0.05) is 0 Å². The van der Waals surface area contributed by atoms with Crippen LogP contribution >= 0.6 is 12.2 Å². The Labute approximate surface area is 91.1 Å². The lowest BCUT2D eigenvalue weighted by atomic mass is 9.85. The summed E-state index contributed by atoms with van der Waals surface area (Å²) >= 11 is 5.25. The Kier molecular flexibility index (Phi) is 3.64. The van der Waals surface area contributed by atoms with Gasteiger partial charge in [-0.3, -0.25) is 0 Å². The van der Waals surface area contributed by atoms with Gasteiger partial charge in [-0.15, -0.1) is 0 Å². The van der Waals surface area contributed by atoms with Gasteiger partial charge in [0.25, 0.3) is 0 Å². The second kappa shape index (κ2) is 4.56. The normalized spacial score (nSPS) is 11.1. The fraction of sp³-hybridized carbons (Fsp3) is 0.417. The van der Waals surface area contributed by atoms with Crippen molar-refractivity contribution in [3.05, 3.63) is 35.9 Å². The van der Waals surface area contributed by atoms with Crippen LogP contribution in [-0.4, -0.2) is 11.7 Å². The summed E-state index contributed by atoms with van der Waals surface area (Å²) in [5.74, 6) is 0. The number of hydrogen-bond acceptors (Lipinski definition) is 2. The Morgan fingerprint density at radius 1 is 1.29 bits per heavy atom. The maximum atomic E-state index is 5.39. The molecule has 1 nitrogen and oxygen atoms in total. The summed E-state index contributed by atoms with van der Waals surface area (Å²) in [7, 11) is 0. The van der Waals surface area contributed by atoms with Gasteiger partial charge in [0.15, 0.2) is 5.05 Å². The average Bonchev–Trinajstić information content (AvgIpc) is 2.19. The predicted octanol–water partition coefficient (Wildman–Crippen LogP) is 3.33. The van der Waals surface area contributed by atoms with Crippen molar-refractivity contribution in [1.82, 2.24) is 0 Å². The quantitative estimate of drug-likeness (QED) is 0.705. The molecule has 1 aromatic rings. The minimum Gasteiger partial charge on any atom is -0.486 e. The summed E-state index contributed by atoms with van der Waals surface area (Å²) in [5, 5.41) is 0.659. The first-order chi connectivity index (χ1) is 6.59. The van der Waals surface area contributed by atoms with Crippen LogP contribution in [0.15, 0.2) is 30.3 Å². The minimum atomic E-state index is -0.188. The van der Waals surface area contributed by atoms with Crippen LogP contribution in [0.1, 0.15) is 26.3 Å². The molecule has 76 valence electrons. The van der Waals surface area contributed by atoms with Crippen LogP contribution in [0.4, 0.5) is 0 Å². The van der Waals surface area contributed by atoms with E-state index in [1.807, 2.05) is 25.1 Å². The Morgan fingerprint density at radius 3 is 2.36 bits per heavy atom. The molecule has 14 heavy (non-hydrogen) atoms. The number of thiocarbonyl (C=S) groups is 1. The van der Waals surface area contributed by atoms with Crippen LogP contribution in [0.2, 0.25) is 0 Å². The van der Waals surface area contributed by atoms with Gasteiger partial charge in [0.05, 0.1) is 12.0 Å². The van der Waals surface area contributed by atoms with Crippen LogP contribution in [0.25, 0.3) is 0 Å². The maximum absolute atomic E-state index is 5.39. The molecule has 0 unspecified atom stereocenters. The maximum Gasteiger partial charge on any atom is 0.169 e. The molecule has 0 spiro atoms. The Balaban J connectivity index is 2.90. The zero-order valence-electron chi connectivity index (χ0n) is 8.91. The Morgan fingerprint density at radius 2 is 1.86 bits per heavy atom. The standard InChI is InChI=1S/C12H16OS/c1-4-13-11(14)12(2,3)10-8-6-5-7-9-10/h5-9H,4H2,1-3H3. The van der Waals surface area contributed by atoms with E-state index in [-0.39, 0.29) is 5.41 Å². The van der Waals surface area contributed by atoms with E-state index in [0.717, 1.165) is 0 Å². The average molecular weight is 208 g/mol. The van der Waals surface area contributed by atoms with Gasteiger partial charge in [-0.05, 0) is 38.6 Å². The highest BCUT2D eigenvalue weighted by Crippen LogP contribution is 2.25.